The van der Waals surface area contributed by atoms with Crippen molar-refractivity contribution >= 4 is 45.4 Å². The Labute approximate surface area is 199 Å². The number of halogens is 2. The van der Waals surface area contributed by atoms with Crippen molar-refractivity contribution in [2.24, 2.45) is 0 Å². The number of hydrogen-bond donors (Lipinski definition) is 1. The number of rotatable bonds is 3. The number of nitrogens with zero attached hydrogens (tertiary/aromatic N) is 7. The molecule has 1 aliphatic rings. The van der Waals surface area contributed by atoms with Crippen LogP contribution in [0.5, 0.6) is 0 Å². The van der Waals surface area contributed by atoms with Crippen molar-refractivity contribution in [1.82, 2.24) is 34.2 Å². The van der Waals surface area contributed by atoms with Gasteiger partial charge in [0, 0.05) is 25.2 Å². The van der Waals surface area contributed by atoms with E-state index in [1.165, 1.54) is 12.4 Å². The number of hydrogen-bond acceptors (Lipinski definition) is 6. The highest BCUT2D eigenvalue weighted by atomic mass is 35.5. The van der Waals surface area contributed by atoms with Gasteiger partial charge in [-0.1, -0.05) is 24.1 Å². The van der Waals surface area contributed by atoms with Crippen LogP contribution in [0.25, 0.3) is 22.1 Å². The maximum absolute atomic E-state index is 15.0. The number of amides is 1. The highest BCUT2D eigenvalue weighted by molar-refractivity contribution is 6.32. The molecule has 1 aliphatic heterocycles. The number of carbonyl (C=O) groups is 1. The third-order valence-corrected chi connectivity index (χ3v) is 6.32. The zero-order valence-electron chi connectivity index (χ0n) is 18.3. The molecule has 0 spiro atoms. The smallest absolute Gasteiger partial charge is 0.246 e. The predicted octanol–water partition coefficient (Wildman–Crippen LogP) is 2.93. The summed E-state index contributed by atoms with van der Waals surface area (Å²) in [6.07, 6.45) is 4.92. The third-order valence-electron chi connectivity index (χ3n) is 5.95. The molecule has 9 nitrogen and oxygen atoms in total. The number of nitrogen functional groups attached to an aromatic ring is 1. The number of anilines is 1. The molecule has 1 aromatic carbocycles. The Morgan fingerprint density at radius 2 is 2.21 bits per heavy atom. The second kappa shape index (κ2) is 8.43. The van der Waals surface area contributed by atoms with Crippen LogP contribution in [-0.4, -0.2) is 53.2 Å². The van der Waals surface area contributed by atoms with Crippen LogP contribution in [0.15, 0.2) is 31.4 Å². The van der Waals surface area contributed by atoms with Crippen molar-refractivity contribution in [3.8, 4) is 11.8 Å². The highest BCUT2D eigenvalue weighted by Crippen LogP contribution is 2.30. The molecule has 2 N–H and O–H groups in total. The highest BCUT2D eigenvalue weighted by Gasteiger charge is 2.29. The van der Waals surface area contributed by atoms with Gasteiger partial charge < -0.3 is 15.2 Å². The van der Waals surface area contributed by atoms with Crippen LogP contribution in [0.2, 0.25) is 5.02 Å². The summed E-state index contributed by atoms with van der Waals surface area (Å²) < 4.78 is 18.4. The van der Waals surface area contributed by atoms with Gasteiger partial charge >= 0.3 is 0 Å². The van der Waals surface area contributed by atoms with Crippen molar-refractivity contribution in [2.45, 2.75) is 25.9 Å². The average Bonchev–Trinajstić information content (AvgIpc) is 3.57. The van der Waals surface area contributed by atoms with Gasteiger partial charge in [0.05, 0.1) is 28.3 Å². The maximum Gasteiger partial charge on any atom is 0.246 e. The van der Waals surface area contributed by atoms with E-state index in [4.69, 9.17) is 17.3 Å². The summed E-state index contributed by atoms with van der Waals surface area (Å²) in [6, 6.07) is 1.54. The quantitative estimate of drug-likeness (QED) is 0.358. The standard InChI is InChI=1S/C23H20ClFN8O/c1-3-17(34)32-8-7-14(10-32)33-23-18(22(26)27-11-28-23)15(30-33)6-5-13-9-16-21(20(25)19(13)24)31(4-2)12-29-16/h3,9,11-12,14H,1,4,7-8,10H2,2H3,(H2,26,27,28). The van der Waals surface area contributed by atoms with Crippen molar-refractivity contribution in [3.05, 3.63) is 53.5 Å². The molecule has 0 bridgehead atoms. The minimum absolute atomic E-state index is 0.0856. The van der Waals surface area contributed by atoms with Crippen LogP contribution in [0.4, 0.5) is 10.2 Å². The maximum atomic E-state index is 15.0. The number of imidazole rings is 1. The molecule has 34 heavy (non-hydrogen) atoms. The molecule has 1 atom stereocenters. The lowest BCUT2D eigenvalue weighted by molar-refractivity contribution is -0.125. The molecule has 0 saturated carbocycles. The molecule has 4 aromatic rings. The Hall–Kier alpha value is -3.97. The Morgan fingerprint density at radius 1 is 1.38 bits per heavy atom. The zero-order chi connectivity index (χ0) is 24.0. The van der Waals surface area contributed by atoms with Crippen molar-refractivity contribution < 1.29 is 9.18 Å². The number of aryl methyl sites for hydroxylation is 1. The van der Waals surface area contributed by atoms with E-state index in [1.54, 1.807) is 26.5 Å². The van der Waals surface area contributed by atoms with Gasteiger partial charge in [-0.25, -0.2) is 24.0 Å². The van der Waals surface area contributed by atoms with E-state index in [2.05, 4.69) is 38.5 Å². The number of carbonyl (C=O) groups excluding carboxylic acids is 1. The minimum Gasteiger partial charge on any atom is -0.383 e. The van der Waals surface area contributed by atoms with Gasteiger partial charge in [0.25, 0.3) is 0 Å². The molecular weight excluding hydrogens is 459 g/mol. The second-order valence-electron chi connectivity index (χ2n) is 7.88. The number of likely N-dealkylation sites (tertiary alicyclic amines) is 1. The molecule has 4 heterocycles. The zero-order valence-corrected chi connectivity index (χ0v) is 19.1. The molecule has 0 radical (unpaired) electrons. The van der Waals surface area contributed by atoms with Crippen LogP contribution in [-0.2, 0) is 11.3 Å². The van der Waals surface area contributed by atoms with Gasteiger partial charge in [-0.2, -0.15) is 5.10 Å². The molecule has 172 valence electrons. The first kappa shape index (κ1) is 21.9. The number of aromatic nitrogens is 6. The summed E-state index contributed by atoms with van der Waals surface area (Å²) in [5.41, 5.74) is 8.08. The fraction of sp³-hybridized carbons (Fsp3) is 0.261. The van der Waals surface area contributed by atoms with Crippen molar-refractivity contribution in [3.63, 3.8) is 0 Å². The van der Waals surface area contributed by atoms with Gasteiger partial charge in [-0.05, 0) is 31.4 Å². The molecule has 1 fully saturated rings. The summed E-state index contributed by atoms with van der Waals surface area (Å²) >= 11 is 6.30. The fourth-order valence-corrected chi connectivity index (χ4v) is 4.42. The van der Waals surface area contributed by atoms with Crippen LogP contribution in [0.3, 0.4) is 0 Å². The van der Waals surface area contributed by atoms with Crippen LogP contribution in [0.1, 0.15) is 30.6 Å². The molecular formula is C23H20ClFN8O. The summed E-state index contributed by atoms with van der Waals surface area (Å²) in [5, 5.41) is 5.05. The second-order valence-corrected chi connectivity index (χ2v) is 8.26. The van der Waals surface area contributed by atoms with Crippen molar-refractivity contribution in [2.75, 3.05) is 18.8 Å². The summed E-state index contributed by atoms with van der Waals surface area (Å²) in [6.45, 7) is 7.05. The van der Waals surface area contributed by atoms with Gasteiger partial charge in [0.15, 0.2) is 11.5 Å². The third kappa shape index (κ3) is 3.45. The fourth-order valence-electron chi connectivity index (χ4n) is 4.23. The summed E-state index contributed by atoms with van der Waals surface area (Å²) in [5.74, 6) is 5.40. The average molecular weight is 479 g/mol. The minimum atomic E-state index is -0.570. The normalized spacial score (nSPS) is 15.6. The van der Waals surface area contributed by atoms with E-state index in [-0.39, 0.29) is 28.4 Å². The number of benzene rings is 1. The van der Waals surface area contributed by atoms with Gasteiger partial charge in [0.1, 0.15) is 23.4 Å². The van der Waals surface area contributed by atoms with E-state index >= 15 is 0 Å². The molecule has 1 unspecified atom stereocenters. The molecule has 11 heteroatoms. The molecule has 1 amide bonds. The predicted molar refractivity (Wildman–Crippen MR) is 127 cm³/mol. The monoisotopic (exact) mass is 478 g/mol. The number of nitrogens with two attached hydrogens (primary N) is 1. The first-order chi connectivity index (χ1) is 16.4. The lowest BCUT2D eigenvalue weighted by Crippen LogP contribution is -2.27. The molecule has 0 aliphatic carbocycles. The summed E-state index contributed by atoms with van der Waals surface area (Å²) in [4.78, 5) is 26.4. The largest absolute Gasteiger partial charge is 0.383 e. The Kier molecular flexibility index (Phi) is 5.42. The molecule has 3 aromatic heterocycles. The Balaban J connectivity index is 1.59. The van der Waals surface area contributed by atoms with Gasteiger partial charge in [-0.3, -0.25) is 4.79 Å². The molecule has 1 saturated heterocycles. The van der Waals surface area contributed by atoms with E-state index in [0.717, 1.165) is 0 Å². The first-order valence-corrected chi connectivity index (χ1v) is 11.1. The number of fused-ring (bicyclic) bond motifs is 2. The van der Waals surface area contributed by atoms with E-state index in [9.17, 15) is 9.18 Å². The Morgan fingerprint density at radius 3 is 2.97 bits per heavy atom. The first-order valence-electron chi connectivity index (χ1n) is 10.7. The van der Waals surface area contributed by atoms with E-state index in [1.807, 2.05) is 6.92 Å². The van der Waals surface area contributed by atoms with E-state index < -0.39 is 5.82 Å². The topological polar surface area (TPSA) is 108 Å². The van der Waals surface area contributed by atoms with E-state index in [0.29, 0.717) is 53.8 Å². The van der Waals surface area contributed by atoms with Crippen LogP contribution < -0.4 is 5.73 Å². The Bertz CT molecular complexity index is 1530. The lowest BCUT2D eigenvalue weighted by atomic mass is 10.1. The van der Waals surface area contributed by atoms with Gasteiger partial charge in [0.2, 0.25) is 5.91 Å². The van der Waals surface area contributed by atoms with Crippen LogP contribution >= 0.6 is 11.6 Å². The SMILES string of the molecule is C=CC(=O)N1CCC(n2nc(C#Cc3cc4ncn(CC)c4c(F)c3Cl)c3c(N)ncnc32)C1. The van der Waals surface area contributed by atoms with Crippen LogP contribution in [0, 0.1) is 17.7 Å². The van der Waals surface area contributed by atoms with Gasteiger partial charge in [-0.15, -0.1) is 0 Å². The summed E-state index contributed by atoms with van der Waals surface area (Å²) in [7, 11) is 0. The lowest BCUT2D eigenvalue weighted by Gasteiger charge is -2.14. The van der Waals surface area contributed by atoms with Crippen molar-refractivity contribution in [1.29, 1.82) is 0 Å². The molecule has 5 rings (SSSR count).